The molecule has 1 N–H and O–H groups in total. The number of methoxy groups -OCH3 is 1. The zero-order valence-electron chi connectivity index (χ0n) is 6.87. The summed E-state index contributed by atoms with van der Waals surface area (Å²) in [6.45, 7) is 0. The van der Waals surface area contributed by atoms with E-state index in [1.807, 2.05) is 12.1 Å². The van der Waals surface area contributed by atoms with E-state index in [-0.39, 0.29) is 0 Å². The molecule has 1 aromatic heterocycles. The van der Waals surface area contributed by atoms with E-state index in [1.165, 1.54) is 11.3 Å². The number of benzene rings is 1. The van der Waals surface area contributed by atoms with Crippen LogP contribution in [0, 0.1) is 0 Å². The summed E-state index contributed by atoms with van der Waals surface area (Å²) >= 11 is 4.90. The van der Waals surface area contributed by atoms with Crippen molar-refractivity contribution in [2.75, 3.05) is 7.11 Å². The maximum absolute atomic E-state index is 9.46. The van der Waals surface area contributed by atoms with Gasteiger partial charge in [0.15, 0.2) is 0 Å². The summed E-state index contributed by atoms with van der Waals surface area (Å²) in [5.74, 6) is 1.05. The quantitative estimate of drug-likeness (QED) is 0.850. The van der Waals surface area contributed by atoms with Gasteiger partial charge in [-0.2, -0.15) is 0 Å². The van der Waals surface area contributed by atoms with Gasteiger partial charge < -0.3 is 9.84 Å². The lowest BCUT2D eigenvalue weighted by atomic mass is 10.2. The van der Waals surface area contributed by atoms with Crippen LogP contribution in [0.25, 0.3) is 10.1 Å². The zero-order chi connectivity index (χ0) is 9.42. The Morgan fingerprint density at radius 1 is 1.46 bits per heavy atom. The molecule has 0 bridgehead atoms. The van der Waals surface area contributed by atoms with E-state index in [2.05, 4.69) is 15.9 Å². The van der Waals surface area contributed by atoms with Gasteiger partial charge in [-0.15, -0.1) is 11.3 Å². The molecule has 0 aliphatic heterocycles. The minimum absolute atomic E-state index is 0.311. The molecular weight excluding hydrogens is 252 g/mol. The highest BCUT2D eigenvalue weighted by Gasteiger charge is 2.07. The van der Waals surface area contributed by atoms with E-state index in [0.717, 1.165) is 20.3 Å². The van der Waals surface area contributed by atoms with Crippen LogP contribution in [0.3, 0.4) is 0 Å². The molecule has 0 aliphatic carbocycles. The molecule has 2 nitrogen and oxygen atoms in total. The molecule has 2 aromatic rings. The van der Waals surface area contributed by atoms with Gasteiger partial charge in [0.25, 0.3) is 0 Å². The molecule has 0 atom stereocenters. The van der Waals surface area contributed by atoms with Gasteiger partial charge in [-0.1, -0.05) is 0 Å². The van der Waals surface area contributed by atoms with Gasteiger partial charge in [-0.3, -0.25) is 0 Å². The molecule has 0 saturated carbocycles. The summed E-state index contributed by atoms with van der Waals surface area (Å²) in [7, 11) is 1.61. The van der Waals surface area contributed by atoms with Gasteiger partial charge in [0.1, 0.15) is 11.5 Å². The minimum atomic E-state index is 0.311. The van der Waals surface area contributed by atoms with Crippen LogP contribution in [-0.2, 0) is 0 Å². The van der Waals surface area contributed by atoms with Crippen LogP contribution in [-0.4, -0.2) is 12.2 Å². The van der Waals surface area contributed by atoms with Crippen LogP contribution in [0.4, 0.5) is 0 Å². The van der Waals surface area contributed by atoms with Crippen molar-refractivity contribution in [1.29, 1.82) is 0 Å². The maximum atomic E-state index is 9.46. The number of fused-ring (bicyclic) bond motifs is 1. The van der Waals surface area contributed by atoms with Gasteiger partial charge in [0, 0.05) is 15.5 Å². The van der Waals surface area contributed by atoms with Crippen LogP contribution < -0.4 is 4.74 Å². The molecule has 0 aliphatic rings. The largest absolute Gasteiger partial charge is 0.506 e. The van der Waals surface area contributed by atoms with Crippen molar-refractivity contribution in [3.05, 3.63) is 22.0 Å². The smallest absolute Gasteiger partial charge is 0.134 e. The number of halogens is 1. The molecule has 4 heteroatoms. The maximum Gasteiger partial charge on any atom is 0.134 e. The van der Waals surface area contributed by atoms with E-state index >= 15 is 0 Å². The molecule has 0 spiro atoms. The lowest BCUT2D eigenvalue weighted by molar-refractivity contribution is 0.412. The van der Waals surface area contributed by atoms with E-state index in [1.54, 1.807) is 12.5 Å². The molecule has 0 radical (unpaired) electrons. The summed E-state index contributed by atoms with van der Waals surface area (Å²) in [4.78, 5) is 0. The SMILES string of the molecule is COc1cc2c(O)csc2cc1Br. The number of rotatable bonds is 1. The summed E-state index contributed by atoms with van der Waals surface area (Å²) in [5.41, 5.74) is 0. The van der Waals surface area contributed by atoms with Crippen LogP contribution in [0.2, 0.25) is 0 Å². The first kappa shape index (κ1) is 8.84. The molecular formula is C9H7BrO2S. The van der Waals surface area contributed by atoms with Crippen molar-refractivity contribution in [2.24, 2.45) is 0 Å². The summed E-state index contributed by atoms with van der Waals surface area (Å²) in [6, 6.07) is 3.77. The van der Waals surface area contributed by atoms with Gasteiger partial charge in [0.05, 0.1) is 11.6 Å². The van der Waals surface area contributed by atoms with Gasteiger partial charge in [-0.25, -0.2) is 0 Å². The summed E-state index contributed by atoms with van der Waals surface area (Å²) < 4.78 is 7.08. The molecule has 0 unspecified atom stereocenters. The Kier molecular flexibility index (Phi) is 2.17. The standard InChI is InChI=1S/C9H7BrO2S/c1-12-8-2-5-7(11)4-13-9(5)3-6(8)10/h2-4,11H,1H3. The van der Waals surface area contributed by atoms with Crippen molar-refractivity contribution in [1.82, 2.24) is 0 Å². The Morgan fingerprint density at radius 2 is 2.23 bits per heavy atom. The highest BCUT2D eigenvalue weighted by atomic mass is 79.9. The number of hydrogen-bond donors (Lipinski definition) is 1. The van der Waals surface area contributed by atoms with Crippen molar-refractivity contribution >= 4 is 37.4 Å². The molecule has 0 saturated heterocycles. The molecule has 1 heterocycles. The van der Waals surface area contributed by atoms with Crippen LogP contribution in [0.15, 0.2) is 22.0 Å². The van der Waals surface area contributed by atoms with Crippen molar-refractivity contribution in [3.8, 4) is 11.5 Å². The van der Waals surface area contributed by atoms with Gasteiger partial charge >= 0.3 is 0 Å². The van der Waals surface area contributed by atoms with E-state index < -0.39 is 0 Å². The lowest BCUT2D eigenvalue weighted by Crippen LogP contribution is -1.82. The molecule has 68 valence electrons. The summed E-state index contributed by atoms with van der Waals surface area (Å²) in [6.07, 6.45) is 0. The minimum Gasteiger partial charge on any atom is -0.506 e. The first-order chi connectivity index (χ1) is 6.22. The number of thiophene rings is 1. The van der Waals surface area contributed by atoms with Crippen LogP contribution in [0.1, 0.15) is 0 Å². The highest BCUT2D eigenvalue weighted by molar-refractivity contribution is 9.10. The van der Waals surface area contributed by atoms with Crippen molar-refractivity contribution in [2.45, 2.75) is 0 Å². The van der Waals surface area contributed by atoms with Crippen LogP contribution in [0.5, 0.6) is 11.5 Å². The van der Waals surface area contributed by atoms with Gasteiger partial charge in [-0.05, 0) is 28.1 Å². The molecule has 0 fully saturated rings. The second kappa shape index (κ2) is 3.20. The predicted molar refractivity (Wildman–Crippen MR) is 57.7 cm³/mol. The Morgan fingerprint density at radius 3 is 2.92 bits per heavy atom. The van der Waals surface area contributed by atoms with Crippen LogP contribution >= 0.6 is 27.3 Å². The average Bonchev–Trinajstić information content (AvgIpc) is 2.46. The fraction of sp³-hybridized carbons (Fsp3) is 0.111. The van der Waals surface area contributed by atoms with Crippen molar-refractivity contribution in [3.63, 3.8) is 0 Å². The molecule has 13 heavy (non-hydrogen) atoms. The highest BCUT2D eigenvalue weighted by Crippen LogP contribution is 2.37. The summed E-state index contributed by atoms with van der Waals surface area (Å²) in [5, 5.41) is 12.0. The predicted octanol–water partition coefficient (Wildman–Crippen LogP) is 3.38. The second-order valence-corrected chi connectivity index (χ2v) is 4.37. The Balaban J connectivity index is 2.77. The zero-order valence-corrected chi connectivity index (χ0v) is 9.28. The third-order valence-corrected chi connectivity index (χ3v) is 3.38. The number of aromatic hydroxyl groups is 1. The number of ether oxygens (including phenoxy) is 1. The molecule has 2 rings (SSSR count). The first-order valence-corrected chi connectivity index (χ1v) is 5.33. The van der Waals surface area contributed by atoms with E-state index in [4.69, 9.17) is 4.74 Å². The monoisotopic (exact) mass is 258 g/mol. The first-order valence-electron chi connectivity index (χ1n) is 3.66. The normalized spacial score (nSPS) is 10.6. The fourth-order valence-electron chi connectivity index (χ4n) is 1.17. The number of hydrogen-bond acceptors (Lipinski definition) is 3. The van der Waals surface area contributed by atoms with Gasteiger partial charge in [0.2, 0.25) is 0 Å². The fourth-order valence-corrected chi connectivity index (χ4v) is 2.67. The third-order valence-electron chi connectivity index (χ3n) is 1.83. The topological polar surface area (TPSA) is 29.5 Å². The van der Waals surface area contributed by atoms with E-state index in [0.29, 0.717) is 5.75 Å². The second-order valence-electron chi connectivity index (χ2n) is 2.60. The van der Waals surface area contributed by atoms with Crippen molar-refractivity contribution < 1.29 is 9.84 Å². The Bertz CT molecular complexity index is 450. The molecule has 0 amide bonds. The Hall–Kier alpha value is -0.740. The molecule has 1 aromatic carbocycles. The Labute approximate surface area is 87.9 Å². The third kappa shape index (κ3) is 1.40. The lowest BCUT2D eigenvalue weighted by Gasteiger charge is -2.02. The van der Waals surface area contributed by atoms with E-state index in [9.17, 15) is 5.11 Å². The average molecular weight is 259 g/mol.